The number of rotatable bonds is 3. The summed E-state index contributed by atoms with van der Waals surface area (Å²) < 4.78 is 27.3. The predicted molar refractivity (Wildman–Crippen MR) is 65.2 cm³/mol. The highest BCUT2D eigenvalue weighted by Gasteiger charge is 2.28. The van der Waals surface area contributed by atoms with Crippen LogP contribution in [0.5, 0.6) is 0 Å². The topological polar surface area (TPSA) is 12.0 Å². The van der Waals surface area contributed by atoms with E-state index in [2.05, 4.69) is 12.2 Å². The molecule has 94 valence electrons. The molecule has 2 rings (SSSR count). The van der Waals surface area contributed by atoms with Crippen LogP contribution in [0.3, 0.4) is 0 Å². The second-order valence-corrected chi connectivity index (χ2v) is 4.86. The van der Waals surface area contributed by atoms with Crippen LogP contribution >= 0.6 is 0 Å². The quantitative estimate of drug-likeness (QED) is 0.851. The summed E-state index contributed by atoms with van der Waals surface area (Å²) in [5.41, 5.74) is 0.931. The molecule has 2 atom stereocenters. The molecule has 0 bridgehead atoms. The molecule has 1 aromatic carbocycles. The van der Waals surface area contributed by atoms with Gasteiger partial charge in [0.25, 0.3) is 0 Å². The number of hydrogen-bond donors (Lipinski definition) is 1. The van der Waals surface area contributed by atoms with Crippen molar-refractivity contribution in [2.24, 2.45) is 0 Å². The fourth-order valence-electron chi connectivity index (χ4n) is 2.71. The number of aryl methyl sites for hydroxylation is 1. The standard InChI is InChI=1S/C14H19F2N/c1-3-17-11-6-5-10(8-11)12-7-4-9(2)13(15)14(12)16/h4,7,10-11,17H,3,5-6,8H2,1-2H3. The molecule has 3 heteroatoms. The van der Waals surface area contributed by atoms with Crippen LogP contribution < -0.4 is 5.32 Å². The third-order valence-electron chi connectivity index (χ3n) is 3.67. The molecule has 1 aliphatic rings. The molecule has 0 aromatic heterocycles. The van der Waals surface area contributed by atoms with Crippen LogP contribution in [0, 0.1) is 18.6 Å². The highest BCUT2D eigenvalue weighted by atomic mass is 19.2. The first kappa shape index (κ1) is 12.5. The Morgan fingerprint density at radius 2 is 2.00 bits per heavy atom. The van der Waals surface area contributed by atoms with E-state index < -0.39 is 11.6 Å². The van der Waals surface area contributed by atoms with Crippen molar-refractivity contribution < 1.29 is 8.78 Å². The van der Waals surface area contributed by atoms with Crippen LogP contribution in [-0.2, 0) is 0 Å². The van der Waals surface area contributed by atoms with Gasteiger partial charge in [0.05, 0.1) is 0 Å². The van der Waals surface area contributed by atoms with E-state index in [9.17, 15) is 8.78 Å². The SMILES string of the molecule is CCNC1CCC(c2ccc(C)c(F)c2F)C1. The summed E-state index contributed by atoms with van der Waals surface area (Å²) in [6, 6.07) is 3.87. The summed E-state index contributed by atoms with van der Waals surface area (Å²) >= 11 is 0. The third-order valence-corrected chi connectivity index (χ3v) is 3.67. The molecule has 1 saturated carbocycles. The average molecular weight is 239 g/mol. The van der Waals surface area contributed by atoms with Crippen LogP contribution in [0.25, 0.3) is 0 Å². The number of benzene rings is 1. The van der Waals surface area contributed by atoms with Crippen molar-refractivity contribution in [3.8, 4) is 0 Å². The van der Waals surface area contributed by atoms with Crippen LogP contribution in [0.15, 0.2) is 12.1 Å². The summed E-state index contributed by atoms with van der Waals surface area (Å²) in [5.74, 6) is -1.17. The van der Waals surface area contributed by atoms with Crippen molar-refractivity contribution in [1.29, 1.82) is 0 Å². The molecule has 1 N–H and O–H groups in total. The van der Waals surface area contributed by atoms with Gasteiger partial charge in [0.2, 0.25) is 0 Å². The van der Waals surface area contributed by atoms with Gasteiger partial charge in [-0.05, 0) is 49.8 Å². The second-order valence-electron chi connectivity index (χ2n) is 4.86. The fraction of sp³-hybridized carbons (Fsp3) is 0.571. The molecule has 2 unspecified atom stereocenters. The Morgan fingerprint density at radius 1 is 1.24 bits per heavy atom. The monoisotopic (exact) mass is 239 g/mol. The summed E-state index contributed by atoms with van der Waals surface area (Å²) in [6.07, 6.45) is 2.90. The lowest BCUT2D eigenvalue weighted by atomic mass is 9.95. The Kier molecular flexibility index (Phi) is 3.77. The van der Waals surface area contributed by atoms with Crippen molar-refractivity contribution in [1.82, 2.24) is 5.32 Å². The van der Waals surface area contributed by atoms with Crippen molar-refractivity contribution >= 4 is 0 Å². The lowest BCUT2D eigenvalue weighted by Crippen LogP contribution is -2.25. The Balaban J connectivity index is 2.16. The van der Waals surface area contributed by atoms with E-state index in [4.69, 9.17) is 0 Å². The molecule has 17 heavy (non-hydrogen) atoms. The Labute approximate surface area is 101 Å². The lowest BCUT2D eigenvalue weighted by molar-refractivity contribution is 0.478. The van der Waals surface area contributed by atoms with Crippen molar-refractivity contribution in [2.45, 2.75) is 45.1 Å². The number of halogens is 2. The molecule has 0 saturated heterocycles. The van der Waals surface area contributed by atoms with Gasteiger partial charge in [-0.15, -0.1) is 0 Å². The molecule has 1 aromatic rings. The van der Waals surface area contributed by atoms with Gasteiger partial charge in [-0.1, -0.05) is 19.1 Å². The summed E-state index contributed by atoms with van der Waals surface area (Å²) in [5, 5.41) is 3.37. The van der Waals surface area contributed by atoms with E-state index in [1.54, 1.807) is 19.1 Å². The van der Waals surface area contributed by atoms with Gasteiger partial charge in [0, 0.05) is 6.04 Å². The van der Waals surface area contributed by atoms with Crippen molar-refractivity contribution in [3.05, 3.63) is 34.9 Å². The van der Waals surface area contributed by atoms with Gasteiger partial charge in [-0.2, -0.15) is 0 Å². The minimum absolute atomic E-state index is 0.161. The average Bonchev–Trinajstić information content (AvgIpc) is 2.75. The van der Waals surface area contributed by atoms with Gasteiger partial charge in [-0.3, -0.25) is 0 Å². The second kappa shape index (κ2) is 5.13. The molecule has 1 fully saturated rings. The molecular formula is C14H19F2N. The van der Waals surface area contributed by atoms with Crippen LogP contribution in [-0.4, -0.2) is 12.6 Å². The maximum absolute atomic E-state index is 13.8. The highest BCUT2D eigenvalue weighted by Crippen LogP contribution is 2.36. The van der Waals surface area contributed by atoms with Crippen LogP contribution in [0.2, 0.25) is 0 Å². The molecule has 0 aliphatic heterocycles. The Morgan fingerprint density at radius 3 is 2.71 bits per heavy atom. The zero-order chi connectivity index (χ0) is 12.4. The zero-order valence-electron chi connectivity index (χ0n) is 10.4. The first-order chi connectivity index (χ1) is 8.13. The smallest absolute Gasteiger partial charge is 0.162 e. The minimum atomic E-state index is -0.686. The lowest BCUT2D eigenvalue weighted by Gasteiger charge is -2.14. The van der Waals surface area contributed by atoms with Gasteiger partial charge in [-0.25, -0.2) is 8.78 Å². The fourth-order valence-corrected chi connectivity index (χ4v) is 2.71. The van der Waals surface area contributed by atoms with Crippen LogP contribution in [0.4, 0.5) is 8.78 Å². The van der Waals surface area contributed by atoms with Crippen molar-refractivity contribution in [3.63, 3.8) is 0 Å². The highest BCUT2D eigenvalue weighted by molar-refractivity contribution is 5.29. The molecule has 0 heterocycles. The normalized spacial score (nSPS) is 24.2. The van der Waals surface area contributed by atoms with Crippen LogP contribution in [0.1, 0.15) is 43.2 Å². The van der Waals surface area contributed by atoms with E-state index in [0.29, 0.717) is 17.2 Å². The number of nitrogens with one attached hydrogen (secondary N) is 1. The summed E-state index contributed by atoms with van der Waals surface area (Å²) in [7, 11) is 0. The maximum atomic E-state index is 13.8. The van der Waals surface area contributed by atoms with Gasteiger partial charge in [0.15, 0.2) is 11.6 Å². The van der Waals surface area contributed by atoms with Gasteiger partial charge in [0.1, 0.15) is 0 Å². The number of hydrogen-bond acceptors (Lipinski definition) is 1. The minimum Gasteiger partial charge on any atom is -0.314 e. The van der Waals surface area contributed by atoms with Crippen molar-refractivity contribution in [2.75, 3.05) is 6.54 Å². The zero-order valence-corrected chi connectivity index (χ0v) is 10.4. The Bertz CT molecular complexity index is 403. The van der Waals surface area contributed by atoms with Gasteiger partial charge < -0.3 is 5.32 Å². The summed E-state index contributed by atoms with van der Waals surface area (Å²) in [4.78, 5) is 0. The van der Waals surface area contributed by atoms with Gasteiger partial charge >= 0.3 is 0 Å². The van der Waals surface area contributed by atoms with E-state index in [1.807, 2.05) is 0 Å². The largest absolute Gasteiger partial charge is 0.314 e. The summed E-state index contributed by atoms with van der Waals surface area (Å²) in [6.45, 7) is 4.60. The Hall–Kier alpha value is -0.960. The molecule has 1 aliphatic carbocycles. The molecule has 0 spiro atoms. The third kappa shape index (κ3) is 2.49. The van der Waals surface area contributed by atoms with E-state index in [-0.39, 0.29) is 5.92 Å². The molecule has 0 radical (unpaired) electrons. The first-order valence-corrected chi connectivity index (χ1v) is 6.31. The molecule has 0 amide bonds. The molecular weight excluding hydrogens is 220 g/mol. The van der Waals surface area contributed by atoms with E-state index >= 15 is 0 Å². The van der Waals surface area contributed by atoms with E-state index in [0.717, 1.165) is 25.8 Å². The maximum Gasteiger partial charge on any atom is 0.162 e. The predicted octanol–water partition coefficient (Wildman–Crippen LogP) is 3.52. The molecule has 1 nitrogen and oxygen atoms in total. The van der Waals surface area contributed by atoms with E-state index in [1.165, 1.54) is 0 Å². The first-order valence-electron chi connectivity index (χ1n) is 6.31.